The van der Waals surface area contributed by atoms with Gasteiger partial charge in [-0.05, 0) is 74.7 Å². The van der Waals surface area contributed by atoms with Gasteiger partial charge >= 0.3 is 5.97 Å². The van der Waals surface area contributed by atoms with E-state index in [1.807, 2.05) is 18.2 Å². The van der Waals surface area contributed by atoms with E-state index in [1.165, 1.54) is 24.3 Å². The predicted molar refractivity (Wildman–Crippen MR) is 173 cm³/mol. The Labute approximate surface area is 259 Å². The molecule has 0 aliphatic rings. The highest BCUT2D eigenvalue weighted by Crippen LogP contribution is 2.28. The summed E-state index contributed by atoms with van der Waals surface area (Å²) in [6.45, 7) is 11.1. The highest BCUT2D eigenvalue weighted by Gasteiger charge is 2.25. The first-order chi connectivity index (χ1) is 20.9. The highest BCUT2D eigenvalue weighted by molar-refractivity contribution is 7.90. The molecule has 0 aliphatic heterocycles. The van der Waals surface area contributed by atoms with Gasteiger partial charge in [-0.2, -0.15) is 0 Å². The first kappa shape index (κ1) is 32.6. The molecule has 4 aromatic rings. The third-order valence-corrected chi connectivity index (χ3v) is 8.25. The summed E-state index contributed by atoms with van der Waals surface area (Å²) in [6.07, 6.45) is 5.70. The molecule has 1 heterocycles. The molecule has 0 atom stereocenters. The minimum atomic E-state index is -4.20. The fourth-order valence-electron chi connectivity index (χ4n) is 4.65. The Bertz CT molecular complexity index is 1740. The van der Waals surface area contributed by atoms with Crippen molar-refractivity contribution in [1.82, 2.24) is 14.7 Å². The van der Waals surface area contributed by atoms with Gasteiger partial charge in [-0.1, -0.05) is 63.1 Å². The van der Waals surface area contributed by atoms with Crippen LogP contribution in [-0.2, 0) is 14.8 Å². The zero-order valence-corrected chi connectivity index (χ0v) is 26.8. The zero-order valence-electron chi connectivity index (χ0n) is 26.0. The summed E-state index contributed by atoms with van der Waals surface area (Å²) in [5.74, 6) is -0.973. The van der Waals surface area contributed by atoms with Gasteiger partial charge in [0.25, 0.3) is 15.9 Å². The van der Waals surface area contributed by atoms with Crippen LogP contribution in [0.5, 0.6) is 0 Å². The molecule has 1 amide bonds. The van der Waals surface area contributed by atoms with Crippen LogP contribution in [0.4, 0.5) is 5.95 Å². The molecule has 0 spiro atoms. The maximum absolute atomic E-state index is 13.4. The number of rotatable bonds is 12. The van der Waals surface area contributed by atoms with Crippen LogP contribution in [0.3, 0.4) is 0 Å². The molecule has 0 fully saturated rings. The number of carbonyl (C=O) groups is 2. The minimum absolute atomic E-state index is 0.0132. The summed E-state index contributed by atoms with van der Waals surface area (Å²) >= 11 is 0. The van der Waals surface area contributed by atoms with E-state index in [9.17, 15) is 18.0 Å². The molecule has 232 valence electrons. The lowest BCUT2D eigenvalue weighted by Crippen LogP contribution is -2.31. The Morgan fingerprint density at radius 1 is 0.886 bits per heavy atom. The molecule has 0 bridgehead atoms. The van der Waals surface area contributed by atoms with Crippen molar-refractivity contribution in [2.75, 3.05) is 18.0 Å². The largest absolute Gasteiger partial charge is 0.456 e. The van der Waals surface area contributed by atoms with Crippen molar-refractivity contribution in [2.24, 2.45) is 0 Å². The smallest absolute Gasteiger partial charge is 0.339 e. The number of hydrogen-bond acceptors (Lipinski definition) is 8. The van der Waals surface area contributed by atoms with Crippen molar-refractivity contribution in [2.45, 2.75) is 70.8 Å². The van der Waals surface area contributed by atoms with Gasteiger partial charge in [-0.3, -0.25) is 4.79 Å². The van der Waals surface area contributed by atoms with Crippen molar-refractivity contribution in [1.29, 1.82) is 0 Å². The SMILES string of the molecule is CCCCN(CCCC)c1nccc(-c2ccc(C(=O)NS(=O)(=O)c3ccc4ccccc4c3)cc2C(=O)OC(C)(C)C)n1. The maximum atomic E-state index is 13.4. The molecule has 0 saturated carbocycles. The van der Waals surface area contributed by atoms with Crippen molar-refractivity contribution in [3.05, 3.63) is 84.1 Å². The van der Waals surface area contributed by atoms with Crippen LogP contribution in [0.25, 0.3) is 22.0 Å². The number of carbonyl (C=O) groups excluding carboxylic acids is 2. The molecule has 0 radical (unpaired) electrons. The van der Waals surface area contributed by atoms with E-state index < -0.39 is 27.5 Å². The normalized spacial score (nSPS) is 11.8. The van der Waals surface area contributed by atoms with Gasteiger partial charge < -0.3 is 9.64 Å². The molecule has 0 unspecified atom stereocenters. The summed E-state index contributed by atoms with van der Waals surface area (Å²) in [5, 5.41) is 1.61. The number of unbranched alkanes of at least 4 members (excludes halogenated alkanes) is 2. The number of amides is 1. The fraction of sp³-hybridized carbons (Fsp3) is 0.353. The lowest BCUT2D eigenvalue weighted by atomic mass is 10.0. The molecule has 3 aromatic carbocycles. The zero-order chi connectivity index (χ0) is 31.9. The predicted octanol–water partition coefficient (Wildman–Crippen LogP) is 6.78. The number of anilines is 1. The van der Waals surface area contributed by atoms with E-state index in [-0.39, 0.29) is 16.0 Å². The van der Waals surface area contributed by atoms with Crippen molar-refractivity contribution < 1.29 is 22.7 Å². The van der Waals surface area contributed by atoms with Crippen molar-refractivity contribution in [3.63, 3.8) is 0 Å². The third kappa shape index (κ3) is 8.19. The number of hydrogen-bond donors (Lipinski definition) is 1. The molecule has 1 aromatic heterocycles. The second-order valence-electron chi connectivity index (χ2n) is 11.6. The maximum Gasteiger partial charge on any atom is 0.339 e. The van der Waals surface area contributed by atoms with E-state index in [0.29, 0.717) is 17.2 Å². The number of nitrogens with one attached hydrogen (secondary N) is 1. The van der Waals surface area contributed by atoms with E-state index >= 15 is 0 Å². The molecular formula is C34H40N4O5S. The number of ether oxygens (including phenoxy) is 1. The molecule has 10 heteroatoms. The Kier molecular flexibility index (Phi) is 10.4. The van der Waals surface area contributed by atoms with Crippen LogP contribution in [0.1, 0.15) is 81.0 Å². The van der Waals surface area contributed by atoms with Gasteiger partial charge in [0.1, 0.15) is 5.60 Å². The molecular weight excluding hydrogens is 576 g/mol. The van der Waals surface area contributed by atoms with E-state index in [0.717, 1.165) is 49.5 Å². The number of fused-ring (bicyclic) bond motifs is 1. The summed E-state index contributed by atoms with van der Waals surface area (Å²) in [6, 6.07) is 18.1. The van der Waals surface area contributed by atoms with Gasteiger partial charge in [0.15, 0.2) is 0 Å². The first-order valence-corrected chi connectivity index (χ1v) is 16.4. The van der Waals surface area contributed by atoms with Crippen LogP contribution in [-0.4, -0.2) is 49.0 Å². The number of aromatic nitrogens is 2. The van der Waals surface area contributed by atoms with Gasteiger partial charge in [-0.25, -0.2) is 27.9 Å². The molecule has 4 rings (SSSR count). The van der Waals surface area contributed by atoms with Crippen LogP contribution < -0.4 is 9.62 Å². The molecule has 44 heavy (non-hydrogen) atoms. The standard InChI is InChI=1S/C34H40N4O5S/c1-6-8-20-38(21-9-7-2)33-35-19-18-30(36-33)28-17-15-26(23-29(28)32(40)43-34(3,4)5)31(39)37-44(41,42)27-16-14-24-12-10-11-13-25(24)22-27/h10-19,22-23H,6-9,20-21H2,1-5H3,(H,37,39). The molecule has 9 nitrogen and oxygen atoms in total. The third-order valence-electron chi connectivity index (χ3n) is 6.92. The Hall–Kier alpha value is -4.31. The molecule has 1 N–H and O–H groups in total. The second kappa shape index (κ2) is 14.0. The topological polar surface area (TPSA) is 119 Å². The van der Waals surface area contributed by atoms with Gasteiger partial charge in [-0.15, -0.1) is 0 Å². The van der Waals surface area contributed by atoms with Crippen LogP contribution in [0.15, 0.2) is 77.8 Å². The van der Waals surface area contributed by atoms with Gasteiger partial charge in [0.05, 0.1) is 16.2 Å². The monoisotopic (exact) mass is 616 g/mol. The molecule has 0 saturated heterocycles. The summed E-state index contributed by atoms with van der Waals surface area (Å²) < 4.78 is 34.1. The second-order valence-corrected chi connectivity index (χ2v) is 13.3. The molecule has 0 aliphatic carbocycles. The summed E-state index contributed by atoms with van der Waals surface area (Å²) in [5.41, 5.74) is 0.210. The van der Waals surface area contributed by atoms with Crippen LogP contribution >= 0.6 is 0 Å². The summed E-state index contributed by atoms with van der Waals surface area (Å²) in [7, 11) is -4.20. The lowest BCUT2D eigenvalue weighted by Gasteiger charge is -2.23. The van der Waals surface area contributed by atoms with E-state index in [4.69, 9.17) is 9.72 Å². The van der Waals surface area contributed by atoms with Crippen LogP contribution in [0, 0.1) is 0 Å². The Morgan fingerprint density at radius 3 is 2.23 bits per heavy atom. The quantitative estimate of drug-likeness (QED) is 0.173. The van der Waals surface area contributed by atoms with Gasteiger partial charge in [0.2, 0.25) is 5.95 Å². The fourth-order valence-corrected chi connectivity index (χ4v) is 5.65. The van der Waals surface area contributed by atoms with Crippen molar-refractivity contribution >= 4 is 38.6 Å². The summed E-state index contributed by atoms with van der Waals surface area (Å²) in [4.78, 5) is 38.1. The number of esters is 1. The minimum Gasteiger partial charge on any atom is -0.456 e. The van der Waals surface area contributed by atoms with Gasteiger partial charge in [0, 0.05) is 30.4 Å². The van der Waals surface area contributed by atoms with Crippen molar-refractivity contribution in [3.8, 4) is 11.3 Å². The number of sulfonamides is 1. The van der Waals surface area contributed by atoms with Crippen LogP contribution in [0.2, 0.25) is 0 Å². The average Bonchev–Trinajstić information content (AvgIpc) is 2.99. The Morgan fingerprint density at radius 2 is 1.57 bits per heavy atom. The Balaban J connectivity index is 1.70. The lowest BCUT2D eigenvalue weighted by molar-refractivity contribution is 0.00703. The average molecular weight is 617 g/mol. The highest BCUT2D eigenvalue weighted by atomic mass is 32.2. The number of nitrogens with zero attached hydrogens (tertiary/aromatic N) is 3. The van der Waals surface area contributed by atoms with E-state index in [2.05, 4.69) is 28.5 Å². The van der Waals surface area contributed by atoms with E-state index in [1.54, 1.807) is 51.2 Å². The first-order valence-electron chi connectivity index (χ1n) is 14.9. The number of benzene rings is 3.